The van der Waals surface area contributed by atoms with Crippen LogP contribution in [0.4, 0.5) is 5.82 Å². The third-order valence-corrected chi connectivity index (χ3v) is 5.07. The maximum Gasteiger partial charge on any atom is 0.204 e. The molecule has 3 rings (SSSR count). The van der Waals surface area contributed by atoms with Gasteiger partial charge in [0.15, 0.2) is 5.82 Å². The quantitative estimate of drug-likeness (QED) is 0.409. The van der Waals surface area contributed by atoms with Crippen molar-refractivity contribution in [2.45, 2.75) is 52.9 Å². The highest BCUT2D eigenvalue weighted by molar-refractivity contribution is 5.84. The number of methoxy groups -OCH3 is 1. The molecule has 2 aromatic heterocycles. The van der Waals surface area contributed by atoms with E-state index in [2.05, 4.69) is 29.4 Å². The van der Waals surface area contributed by atoms with E-state index >= 15 is 0 Å². The second kappa shape index (κ2) is 11.0. The van der Waals surface area contributed by atoms with E-state index in [1.165, 1.54) is 0 Å². The number of rotatable bonds is 13. The number of carbonyl (C=O) groups is 1. The number of fused-ring (bicyclic) bond motifs is 3. The highest BCUT2D eigenvalue weighted by atomic mass is 16.5. The number of ketones is 1. The van der Waals surface area contributed by atoms with Gasteiger partial charge in [0.05, 0.1) is 17.6 Å². The number of ether oxygens (including phenoxy) is 2. The fourth-order valence-electron chi connectivity index (χ4n) is 3.60. The predicted octanol–water partition coefficient (Wildman–Crippen LogP) is 4.20. The maximum atomic E-state index is 11.8. The van der Waals surface area contributed by atoms with E-state index in [0.29, 0.717) is 49.2 Å². The van der Waals surface area contributed by atoms with Crippen LogP contribution in [0.1, 0.15) is 51.8 Å². The molecule has 2 heterocycles. The van der Waals surface area contributed by atoms with E-state index in [4.69, 9.17) is 14.5 Å². The van der Waals surface area contributed by atoms with Crippen molar-refractivity contribution in [3.05, 3.63) is 24.0 Å². The molecule has 0 aliphatic heterocycles. The van der Waals surface area contributed by atoms with E-state index < -0.39 is 0 Å². The number of benzene rings is 1. The molecule has 31 heavy (non-hydrogen) atoms. The van der Waals surface area contributed by atoms with Gasteiger partial charge in [-0.15, -0.1) is 10.2 Å². The van der Waals surface area contributed by atoms with Crippen LogP contribution in [0.3, 0.4) is 0 Å². The SMILES string of the molecule is COCCOc1ccc2c(c1)nc(NCCCCCC(=O)CC(C)C)c1nnc(C)n12. The van der Waals surface area contributed by atoms with Crippen LogP contribution in [0.25, 0.3) is 16.7 Å². The number of unbranched alkanes of at least 4 members (excludes halogenated alkanes) is 2. The monoisotopic (exact) mass is 427 g/mol. The average Bonchev–Trinajstić information content (AvgIpc) is 3.12. The molecular formula is C23H33N5O3. The standard InChI is InChI=1S/C23H33N5O3/c1-16(2)14-18(29)8-6-5-7-11-24-22-23-27-26-17(3)28(23)21-10-9-19(15-20(21)25-22)31-13-12-30-4/h9-10,15-16H,5-8,11-14H2,1-4H3,(H,24,25). The first-order valence-electron chi connectivity index (χ1n) is 11.0. The van der Waals surface area contributed by atoms with Gasteiger partial charge < -0.3 is 14.8 Å². The Bertz CT molecular complexity index is 1020. The first kappa shape index (κ1) is 22.9. The Labute approximate surface area is 183 Å². The Morgan fingerprint density at radius 3 is 2.77 bits per heavy atom. The fraction of sp³-hybridized carbons (Fsp3) is 0.565. The number of carbonyl (C=O) groups excluding carboxylic acids is 1. The molecule has 0 spiro atoms. The molecule has 3 aromatic rings. The number of hydrogen-bond acceptors (Lipinski definition) is 7. The second-order valence-electron chi connectivity index (χ2n) is 8.23. The Balaban J connectivity index is 1.65. The van der Waals surface area contributed by atoms with Crippen LogP contribution in [-0.2, 0) is 9.53 Å². The molecule has 0 amide bonds. The highest BCUT2D eigenvalue weighted by Gasteiger charge is 2.13. The molecule has 0 bridgehead atoms. The largest absolute Gasteiger partial charge is 0.491 e. The van der Waals surface area contributed by atoms with Gasteiger partial charge in [0, 0.05) is 32.6 Å². The molecule has 0 saturated carbocycles. The van der Waals surface area contributed by atoms with Crippen molar-refractivity contribution in [2.24, 2.45) is 5.92 Å². The van der Waals surface area contributed by atoms with Gasteiger partial charge >= 0.3 is 0 Å². The van der Waals surface area contributed by atoms with Crippen molar-refractivity contribution in [3.8, 4) is 5.75 Å². The van der Waals surface area contributed by atoms with Crippen LogP contribution in [0.15, 0.2) is 18.2 Å². The summed E-state index contributed by atoms with van der Waals surface area (Å²) < 4.78 is 12.8. The number of aromatic nitrogens is 4. The lowest BCUT2D eigenvalue weighted by molar-refractivity contribution is -0.119. The molecule has 0 aliphatic rings. The summed E-state index contributed by atoms with van der Waals surface area (Å²) in [4.78, 5) is 16.6. The predicted molar refractivity (Wildman–Crippen MR) is 122 cm³/mol. The van der Waals surface area contributed by atoms with Crippen molar-refractivity contribution < 1.29 is 14.3 Å². The molecule has 0 unspecified atom stereocenters. The summed E-state index contributed by atoms with van der Waals surface area (Å²) in [7, 11) is 1.65. The van der Waals surface area contributed by atoms with Gasteiger partial charge in [-0.3, -0.25) is 9.20 Å². The number of hydrogen-bond donors (Lipinski definition) is 1. The number of anilines is 1. The van der Waals surface area contributed by atoms with Crippen LogP contribution in [0.5, 0.6) is 5.75 Å². The zero-order valence-corrected chi connectivity index (χ0v) is 19.0. The minimum atomic E-state index is 0.364. The molecule has 0 aliphatic carbocycles. The Morgan fingerprint density at radius 1 is 1.16 bits per heavy atom. The van der Waals surface area contributed by atoms with Crippen molar-refractivity contribution in [1.29, 1.82) is 0 Å². The summed E-state index contributed by atoms with van der Waals surface area (Å²) in [5.74, 6) is 3.07. The maximum absolute atomic E-state index is 11.8. The molecule has 0 saturated heterocycles. The molecule has 1 aromatic carbocycles. The molecule has 8 nitrogen and oxygen atoms in total. The van der Waals surface area contributed by atoms with Crippen molar-refractivity contribution in [1.82, 2.24) is 19.6 Å². The van der Waals surface area contributed by atoms with Gasteiger partial charge in [-0.05, 0) is 37.8 Å². The highest BCUT2D eigenvalue weighted by Crippen LogP contribution is 2.25. The second-order valence-corrected chi connectivity index (χ2v) is 8.23. The van der Waals surface area contributed by atoms with Gasteiger partial charge in [-0.2, -0.15) is 0 Å². The van der Waals surface area contributed by atoms with Gasteiger partial charge in [0.25, 0.3) is 0 Å². The van der Waals surface area contributed by atoms with E-state index in [-0.39, 0.29) is 0 Å². The third kappa shape index (κ3) is 6.13. The summed E-state index contributed by atoms with van der Waals surface area (Å²) >= 11 is 0. The fourth-order valence-corrected chi connectivity index (χ4v) is 3.60. The first-order valence-corrected chi connectivity index (χ1v) is 11.0. The van der Waals surface area contributed by atoms with Crippen LogP contribution in [0, 0.1) is 12.8 Å². The molecule has 1 N–H and O–H groups in total. The number of nitrogens with zero attached hydrogens (tertiary/aromatic N) is 4. The molecule has 168 valence electrons. The molecule has 0 fully saturated rings. The van der Waals surface area contributed by atoms with Gasteiger partial charge in [-0.1, -0.05) is 20.3 Å². The molecule has 8 heteroatoms. The first-order chi connectivity index (χ1) is 15.0. The van der Waals surface area contributed by atoms with E-state index in [0.717, 1.165) is 48.4 Å². The van der Waals surface area contributed by atoms with Crippen LogP contribution < -0.4 is 10.1 Å². The molecule has 0 atom stereocenters. The smallest absolute Gasteiger partial charge is 0.204 e. The van der Waals surface area contributed by atoms with Gasteiger partial charge in [0.1, 0.15) is 24.0 Å². The zero-order valence-electron chi connectivity index (χ0n) is 19.0. The lowest BCUT2D eigenvalue weighted by atomic mass is 10.0. The average molecular weight is 428 g/mol. The Kier molecular flexibility index (Phi) is 8.17. The Morgan fingerprint density at radius 2 is 2.00 bits per heavy atom. The summed E-state index contributed by atoms with van der Waals surface area (Å²) in [5.41, 5.74) is 2.46. The number of Topliss-reactive ketones (excluding diaryl/α,β-unsaturated/α-hetero) is 1. The van der Waals surface area contributed by atoms with E-state index in [9.17, 15) is 4.79 Å². The minimum Gasteiger partial charge on any atom is -0.491 e. The number of aryl methyl sites for hydroxylation is 1. The minimum absolute atomic E-state index is 0.364. The lowest BCUT2D eigenvalue weighted by Crippen LogP contribution is -2.08. The van der Waals surface area contributed by atoms with Gasteiger partial charge in [0.2, 0.25) is 5.65 Å². The normalized spacial score (nSPS) is 11.5. The van der Waals surface area contributed by atoms with Crippen molar-refractivity contribution >= 4 is 28.3 Å². The zero-order chi connectivity index (χ0) is 22.2. The van der Waals surface area contributed by atoms with Crippen LogP contribution >= 0.6 is 0 Å². The van der Waals surface area contributed by atoms with Gasteiger partial charge in [-0.25, -0.2) is 4.98 Å². The summed E-state index contributed by atoms with van der Waals surface area (Å²) in [6.07, 6.45) is 4.25. The third-order valence-electron chi connectivity index (χ3n) is 5.07. The topological polar surface area (TPSA) is 90.6 Å². The Hall–Kier alpha value is -2.74. The van der Waals surface area contributed by atoms with Crippen LogP contribution in [-0.4, -0.2) is 52.2 Å². The van der Waals surface area contributed by atoms with Crippen LogP contribution in [0.2, 0.25) is 0 Å². The molecule has 0 radical (unpaired) electrons. The van der Waals surface area contributed by atoms with E-state index in [1.807, 2.05) is 29.5 Å². The number of nitrogens with one attached hydrogen (secondary N) is 1. The lowest BCUT2D eigenvalue weighted by Gasteiger charge is -2.11. The van der Waals surface area contributed by atoms with Crippen molar-refractivity contribution in [3.63, 3.8) is 0 Å². The van der Waals surface area contributed by atoms with E-state index in [1.54, 1.807) is 7.11 Å². The molecular weight excluding hydrogens is 394 g/mol. The summed E-state index contributed by atoms with van der Waals surface area (Å²) in [5, 5.41) is 12.0. The van der Waals surface area contributed by atoms with Crippen molar-refractivity contribution in [2.75, 3.05) is 32.2 Å². The summed E-state index contributed by atoms with van der Waals surface area (Å²) in [6, 6.07) is 5.83. The summed E-state index contributed by atoms with van der Waals surface area (Å²) in [6.45, 7) is 7.88.